The van der Waals surface area contributed by atoms with Gasteiger partial charge in [-0.1, -0.05) is 6.92 Å². The maximum Gasteiger partial charge on any atom is 0.135 e. The predicted molar refractivity (Wildman–Crippen MR) is 60.4 cm³/mol. The van der Waals surface area contributed by atoms with E-state index in [2.05, 4.69) is 4.98 Å². The fourth-order valence-electron chi connectivity index (χ4n) is 1.73. The topological polar surface area (TPSA) is 72.0 Å². The van der Waals surface area contributed by atoms with E-state index in [-0.39, 0.29) is 11.9 Å². The molecule has 1 saturated heterocycles. The number of nitrogens with one attached hydrogen (secondary N) is 1. The van der Waals surface area contributed by atoms with Gasteiger partial charge < -0.3 is 10.5 Å². The molecule has 82 valence electrons. The summed E-state index contributed by atoms with van der Waals surface area (Å²) in [7, 11) is 0. The van der Waals surface area contributed by atoms with Gasteiger partial charge in [-0.2, -0.15) is 0 Å². The zero-order valence-electron chi connectivity index (χ0n) is 8.75. The summed E-state index contributed by atoms with van der Waals surface area (Å²) < 4.78 is 5.57. The van der Waals surface area contributed by atoms with Crippen molar-refractivity contribution in [2.75, 3.05) is 6.61 Å². The van der Waals surface area contributed by atoms with Crippen molar-refractivity contribution in [2.24, 2.45) is 5.73 Å². The number of hydrogen-bond donors (Lipinski definition) is 2. The lowest BCUT2D eigenvalue weighted by Gasteiger charge is -2.03. The molecule has 2 heterocycles. The summed E-state index contributed by atoms with van der Waals surface area (Å²) in [4.78, 5) is 5.31. The Labute approximate surface area is 93.0 Å². The second kappa shape index (κ2) is 4.28. The monoisotopic (exact) mass is 225 g/mol. The summed E-state index contributed by atoms with van der Waals surface area (Å²) >= 11 is 1.50. The summed E-state index contributed by atoms with van der Waals surface area (Å²) in [6, 6.07) is 0. The Bertz CT molecular complexity index is 369. The van der Waals surface area contributed by atoms with Crippen molar-refractivity contribution in [3.63, 3.8) is 0 Å². The van der Waals surface area contributed by atoms with E-state index in [0.717, 1.165) is 41.4 Å². The number of aromatic nitrogens is 1. The molecule has 1 aliphatic rings. The fraction of sp³-hybridized carbons (Fsp3) is 0.600. The first-order valence-corrected chi connectivity index (χ1v) is 5.99. The molecule has 4 nitrogen and oxygen atoms in total. The minimum Gasteiger partial charge on any atom is -0.383 e. The highest BCUT2D eigenvalue weighted by molar-refractivity contribution is 7.13. The molecular weight excluding hydrogens is 210 g/mol. The Kier molecular flexibility index (Phi) is 3.02. The number of thiazole rings is 1. The van der Waals surface area contributed by atoms with Crippen molar-refractivity contribution in [3.8, 4) is 0 Å². The lowest BCUT2D eigenvalue weighted by molar-refractivity contribution is 0.111. The van der Waals surface area contributed by atoms with Gasteiger partial charge in [-0.3, -0.25) is 5.41 Å². The van der Waals surface area contributed by atoms with E-state index in [4.69, 9.17) is 15.9 Å². The third-order valence-corrected chi connectivity index (χ3v) is 3.72. The highest BCUT2D eigenvalue weighted by Crippen LogP contribution is 2.32. The fourth-order valence-corrected chi connectivity index (χ4v) is 2.83. The third-order valence-electron chi connectivity index (χ3n) is 2.50. The van der Waals surface area contributed by atoms with Gasteiger partial charge in [0.25, 0.3) is 0 Å². The molecule has 15 heavy (non-hydrogen) atoms. The Balaban J connectivity index is 2.29. The number of ether oxygens (including phenoxy) is 1. The van der Waals surface area contributed by atoms with Crippen molar-refractivity contribution in [3.05, 3.63) is 15.6 Å². The highest BCUT2D eigenvalue weighted by atomic mass is 32.1. The lowest BCUT2D eigenvalue weighted by Crippen LogP contribution is -2.11. The Morgan fingerprint density at radius 2 is 2.53 bits per heavy atom. The largest absolute Gasteiger partial charge is 0.383 e. The van der Waals surface area contributed by atoms with Crippen LogP contribution in [-0.4, -0.2) is 17.4 Å². The number of amidine groups is 1. The van der Waals surface area contributed by atoms with Crippen LogP contribution in [0.5, 0.6) is 0 Å². The highest BCUT2D eigenvalue weighted by Gasteiger charge is 2.23. The molecular formula is C10H15N3OS. The molecule has 0 aromatic carbocycles. The third kappa shape index (κ3) is 2.03. The number of nitrogen functional groups attached to an aromatic ring is 1. The van der Waals surface area contributed by atoms with Crippen molar-refractivity contribution >= 4 is 17.2 Å². The molecule has 0 radical (unpaired) electrons. The smallest absolute Gasteiger partial charge is 0.135 e. The van der Waals surface area contributed by atoms with Crippen LogP contribution in [0.3, 0.4) is 0 Å². The molecule has 0 saturated carbocycles. The van der Waals surface area contributed by atoms with Gasteiger partial charge in [-0.05, 0) is 19.3 Å². The van der Waals surface area contributed by atoms with Crippen molar-refractivity contribution in [1.82, 2.24) is 4.98 Å². The zero-order valence-corrected chi connectivity index (χ0v) is 9.56. The molecule has 0 amide bonds. The summed E-state index contributed by atoms with van der Waals surface area (Å²) in [5.74, 6) is 0.119. The minimum absolute atomic E-state index is 0.119. The van der Waals surface area contributed by atoms with Crippen molar-refractivity contribution < 1.29 is 4.74 Å². The van der Waals surface area contributed by atoms with E-state index in [1.54, 1.807) is 0 Å². The van der Waals surface area contributed by atoms with Gasteiger partial charge in [0.05, 0.1) is 10.6 Å². The summed E-state index contributed by atoms with van der Waals surface area (Å²) in [5, 5.41) is 8.45. The molecule has 0 bridgehead atoms. The molecule has 2 rings (SSSR count). The number of hydrogen-bond acceptors (Lipinski definition) is 4. The van der Waals surface area contributed by atoms with Gasteiger partial charge >= 0.3 is 0 Å². The molecule has 5 heteroatoms. The average molecular weight is 225 g/mol. The van der Waals surface area contributed by atoms with Crippen LogP contribution in [0.1, 0.15) is 41.4 Å². The maximum absolute atomic E-state index is 7.47. The van der Waals surface area contributed by atoms with Crippen LogP contribution in [0.25, 0.3) is 0 Å². The summed E-state index contributed by atoms with van der Waals surface area (Å²) in [5.41, 5.74) is 6.44. The standard InChI is InChI=1S/C10H15N3OS/c1-2-6-8(9(11)12)15-10(13-6)7-4-3-5-14-7/h7H,2-5H2,1H3,(H3,11,12). The van der Waals surface area contributed by atoms with Gasteiger partial charge in [0.1, 0.15) is 16.9 Å². The van der Waals surface area contributed by atoms with E-state index in [1.165, 1.54) is 11.3 Å². The molecule has 1 unspecified atom stereocenters. The molecule has 0 spiro atoms. The first kappa shape index (κ1) is 10.6. The predicted octanol–water partition coefficient (Wildman–Crippen LogP) is 1.84. The van der Waals surface area contributed by atoms with Gasteiger partial charge in [-0.25, -0.2) is 4.98 Å². The van der Waals surface area contributed by atoms with Crippen LogP contribution in [-0.2, 0) is 11.2 Å². The number of rotatable bonds is 3. The molecule has 3 N–H and O–H groups in total. The minimum atomic E-state index is 0.119. The molecule has 1 aromatic rings. The van der Waals surface area contributed by atoms with Crippen LogP contribution in [0.15, 0.2) is 0 Å². The van der Waals surface area contributed by atoms with Gasteiger partial charge in [-0.15, -0.1) is 11.3 Å². The van der Waals surface area contributed by atoms with E-state index in [0.29, 0.717) is 0 Å². The van der Waals surface area contributed by atoms with Crippen LogP contribution >= 0.6 is 11.3 Å². The van der Waals surface area contributed by atoms with Crippen molar-refractivity contribution in [2.45, 2.75) is 32.3 Å². The normalized spacial score (nSPS) is 20.7. The van der Waals surface area contributed by atoms with E-state index in [1.807, 2.05) is 6.92 Å². The number of nitrogens with zero attached hydrogens (tertiary/aromatic N) is 1. The summed E-state index contributed by atoms with van der Waals surface area (Å²) in [6.45, 7) is 2.85. The van der Waals surface area contributed by atoms with Crippen LogP contribution < -0.4 is 5.73 Å². The van der Waals surface area contributed by atoms with Gasteiger partial charge in [0.15, 0.2) is 0 Å². The van der Waals surface area contributed by atoms with E-state index < -0.39 is 0 Å². The second-order valence-electron chi connectivity index (χ2n) is 3.60. The average Bonchev–Trinajstić information content (AvgIpc) is 2.86. The lowest BCUT2D eigenvalue weighted by atomic mass is 10.2. The van der Waals surface area contributed by atoms with Gasteiger partial charge in [0, 0.05) is 6.61 Å². The van der Waals surface area contributed by atoms with E-state index >= 15 is 0 Å². The molecule has 1 aliphatic heterocycles. The van der Waals surface area contributed by atoms with E-state index in [9.17, 15) is 0 Å². The quantitative estimate of drug-likeness (QED) is 0.609. The zero-order chi connectivity index (χ0) is 10.8. The Morgan fingerprint density at radius 1 is 1.73 bits per heavy atom. The molecule has 1 fully saturated rings. The molecule has 1 aromatic heterocycles. The van der Waals surface area contributed by atoms with Crippen LogP contribution in [0, 0.1) is 5.41 Å². The molecule has 0 aliphatic carbocycles. The number of aryl methyl sites for hydroxylation is 1. The van der Waals surface area contributed by atoms with Crippen LogP contribution in [0.2, 0.25) is 0 Å². The Hall–Kier alpha value is -0.940. The first-order valence-electron chi connectivity index (χ1n) is 5.18. The second-order valence-corrected chi connectivity index (χ2v) is 4.63. The van der Waals surface area contributed by atoms with Crippen molar-refractivity contribution in [1.29, 1.82) is 5.41 Å². The SMILES string of the molecule is CCc1nc(C2CCCO2)sc1C(=N)N. The Morgan fingerprint density at radius 3 is 3.00 bits per heavy atom. The first-order chi connectivity index (χ1) is 7.22. The van der Waals surface area contributed by atoms with Gasteiger partial charge in [0.2, 0.25) is 0 Å². The molecule has 1 atom stereocenters. The number of nitrogens with two attached hydrogens (primary N) is 1. The van der Waals surface area contributed by atoms with Crippen LogP contribution in [0.4, 0.5) is 0 Å². The summed E-state index contributed by atoms with van der Waals surface area (Å²) in [6.07, 6.45) is 3.08. The maximum atomic E-state index is 7.47.